The van der Waals surface area contributed by atoms with E-state index in [2.05, 4.69) is 15.5 Å². The Balaban J connectivity index is 1.81. The van der Waals surface area contributed by atoms with Gasteiger partial charge < -0.3 is 0 Å². The molecule has 90 valence electrons. The molecule has 2 aromatic heterocycles. The third kappa shape index (κ3) is 3.79. The van der Waals surface area contributed by atoms with E-state index in [9.17, 15) is 4.79 Å². The first-order valence-corrected chi connectivity index (χ1v) is 7.74. The molecule has 0 spiro atoms. The van der Waals surface area contributed by atoms with E-state index in [1.165, 1.54) is 23.1 Å². The van der Waals surface area contributed by atoms with Gasteiger partial charge in [-0.25, -0.2) is 0 Å². The molecule has 0 saturated heterocycles. The van der Waals surface area contributed by atoms with Crippen LogP contribution in [0.2, 0.25) is 0 Å². The molecule has 1 amide bonds. The van der Waals surface area contributed by atoms with Crippen LogP contribution in [0.1, 0.15) is 11.9 Å². The maximum Gasteiger partial charge on any atom is 0.236 e. The average molecular weight is 285 g/mol. The number of anilines is 1. The Labute approximate surface area is 111 Å². The van der Waals surface area contributed by atoms with Gasteiger partial charge in [-0.15, -0.1) is 33.3 Å². The zero-order chi connectivity index (χ0) is 12.1. The molecule has 2 aromatic rings. The van der Waals surface area contributed by atoms with Gasteiger partial charge in [0.05, 0.1) is 9.96 Å². The molecule has 2 heterocycles. The highest BCUT2D eigenvalue weighted by Gasteiger charge is 2.08. The van der Waals surface area contributed by atoms with Gasteiger partial charge in [-0.2, -0.15) is 0 Å². The Kier molecular flexibility index (Phi) is 4.52. The first-order valence-electron chi connectivity index (χ1n) is 5.06. The SMILES string of the molecule is CCc1nnc(NC(=O)CSc2cccs2)s1. The third-order valence-corrected chi connectivity index (χ3v) is 4.97. The summed E-state index contributed by atoms with van der Waals surface area (Å²) in [6.07, 6.45) is 0.845. The average Bonchev–Trinajstić information content (AvgIpc) is 2.97. The van der Waals surface area contributed by atoms with Crippen LogP contribution in [0.3, 0.4) is 0 Å². The van der Waals surface area contributed by atoms with Gasteiger partial charge in [-0.05, 0) is 17.9 Å². The summed E-state index contributed by atoms with van der Waals surface area (Å²) in [6.45, 7) is 2.01. The zero-order valence-electron chi connectivity index (χ0n) is 9.17. The van der Waals surface area contributed by atoms with E-state index in [1.807, 2.05) is 24.4 Å². The van der Waals surface area contributed by atoms with Gasteiger partial charge >= 0.3 is 0 Å². The second-order valence-corrected chi connectivity index (χ2v) is 6.41. The summed E-state index contributed by atoms with van der Waals surface area (Å²) in [5, 5.41) is 14.1. The molecule has 0 saturated carbocycles. The van der Waals surface area contributed by atoms with Gasteiger partial charge in [-0.3, -0.25) is 10.1 Å². The number of nitrogens with zero attached hydrogens (tertiary/aromatic N) is 2. The predicted molar refractivity (Wildman–Crippen MR) is 73.0 cm³/mol. The maximum absolute atomic E-state index is 11.6. The first kappa shape index (κ1) is 12.5. The number of nitrogens with one attached hydrogen (secondary N) is 1. The van der Waals surface area contributed by atoms with E-state index in [-0.39, 0.29) is 5.91 Å². The van der Waals surface area contributed by atoms with Crippen molar-refractivity contribution in [1.82, 2.24) is 10.2 Å². The molecule has 2 rings (SSSR count). The monoisotopic (exact) mass is 285 g/mol. The maximum atomic E-state index is 11.6. The van der Waals surface area contributed by atoms with E-state index in [0.29, 0.717) is 10.9 Å². The molecule has 0 aromatic carbocycles. The Hall–Kier alpha value is -0.920. The zero-order valence-corrected chi connectivity index (χ0v) is 11.6. The van der Waals surface area contributed by atoms with Crippen molar-refractivity contribution in [3.05, 3.63) is 22.5 Å². The Bertz CT molecular complexity index is 481. The summed E-state index contributed by atoms with van der Waals surface area (Å²) < 4.78 is 1.15. The Morgan fingerprint density at radius 1 is 1.53 bits per heavy atom. The van der Waals surface area contributed by atoms with Gasteiger partial charge in [-0.1, -0.05) is 24.3 Å². The summed E-state index contributed by atoms with van der Waals surface area (Å²) >= 11 is 4.59. The fourth-order valence-electron chi connectivity index (χ4n) is 1.08. The number of aryl methyl sites for hydroxylation is 1. The van der Waals surface area contributed by atoms with Crippen LogP contribution in [-0.2, 0) is 11.2 Å². The first-order chi connectivity index (χ1) is 8.28. The molecule has 0 fully saturated rings. The van der Waals surface area contributed by atoms with Crippen molar-refractivity contribution >= 4 is 45.5 Å². The van der Waals surface area contributed by atoms with E-state index < -0.39 is 0 Å². The van der Waals surface area contributed by atoms with Crippen LogP contribution in [0.15, 0.2) is 21.7 Å². The third-order valence-electron chi connectivity index (χ3n) is 1.86. The Morgan fingerprint density at radius 3 is 3.06 bits per heavy atom. The van der Waals surface area contributed by atoms with Crippen molar-refractivity contribution in [3.8, 4) is 0 Å². The van der Waals surface area contributed by atoms with Crippen LogP contribution in [0.4, 0.5) is 5.13 Å². The molecule has 0 aliphatic carbocycles. The number of thioether (sulfide) groups is 1. The minimum atomic E-state index is -0.0396. The normalized spacial score (nSPS) is 10.4. The summed E-state index contributed by atoms with van der Waals surface area (Å²) in [4.78, 5) is 11.6. The number of hydrogen-bond acceptors (Lipinski definition) is 6. The molecular weight excluding hydrogens is 274 g/mol. The fourth-order valence-corrected chi connectivity index (χ4v) is 3.36. The van der Waals surface area contributed by atoms with Crippen LogP contribution < -0.4 is 5.32 Å². The smallest absolute Gasteiger partial charge is 0.236 e. The number of thiophene rings is 1. The molecule has 0 aliphatic heterocycles. The van der Waals surface area contributed by atoms with Gasteiger partial charge in [0.15, 0.2) is 0 Å². The van der Waals surface area contributed by atoms with Crippen molar-refractivity contribution in [2.75, 3.05) is 11.1 Å². The van der Waals surface area contributed by atoms with Gasteiger partial charge in [0.25, 0.3) is 0 Å². The topological polar surface area (TPSA) is 54.9 Å². The minimum Gasteiger partial charge on any atom is -0.300 e. The van der Waals surface area contributed by atoms with E-state index in [1.54, 1.807) is 11.3 Å². The molecule has 4 nitrogen and oxygen atoms in total. The highest BCUT2D eigenvalue weighted by Crippen LogP contribution is 2.23. The van der Waals surface area contributed by atoms with Crippen molar-refractivity contribution in [2.24, 2.45) is 0 Å². The van der Waals surface area contributed by atoms with Crippen molar-refractivity contribution < 1.29 is 4.79 Å². The molecular formula is C10H11N3OS3. The fraction of sp³-hybridized carbons (Fsp3) is 0.300. The van der Waals surface area contributed by atoms with Crippen LogP contribution in [0.5, 0.6) is 0 Å². The number of rotatable bonds is 5. The van der Waals surface area contributed by atoms with Gasteiger partial charge in [0, 0.05) is 0 Å². The van der Waals surface area contributed by atoms with Crippen LogP contribution >= 0.6 is 34.4 Å². The summed E-state index contributed by atoms with van der Waals surface area (Å²) in [7, 11) is 0. The molecule has 0 unspecified atom stereocenters. The highest BCUT2D eigenvalue weighted by atomic mass is 32.2. The molecule has 0 bridgehead atoms. The van der Waals surface area contributed by atoms with Crippen LogP contribution in [0, 0.1) is 0 Å². The lowest BCUT2D eigenvalue weighted by molar-refractivity contribution is -0.113. The van der Waals surface area contributed by atoms with Gasteiger partial charge in [0.2, 0.25) is 11.0 Å². The summed E-state index contributed by atoms with van der Waals surface area (Å²) in [6, 6.07) is 3.98. The van der Waals surface area contributed by atoms with Gasteiger partial charge in [0.1, 0.15) is 5.01 Å². The van der Waals surface area contributed by atoms with Crippen LogP contribution in [0.25, 0.3) is 0 Å². The number of aromatic nitrogens is 2. The van der Waals surface area contributed by atoms with Crippen molar-refractivity contribution in [2.45, 2.75) is 17.6 Å². The largest absolute Gasteiger partial charge is 0.300 e. The minimum absolute atomic E-state index is 0.0396. The molecule has 0 aliphatic rings. The number of carbonyl (C=O) groups is 1. The lowest BCUT2D eigenvalue weighted by Crippen LogP contribution is -2.13. The Morgan fingerprint density at radius 2 is 2.41 bits per heavy atom. The van der Waals surface area contributed by atoms with Crippen molar-refractivity contribution in [3.63, 3.8) is 0 Å². The molecule has 0 radical (unpaired) electrons. The molecule has 0 atom stereocenters. The van der Waals surface area contributed by atoms with E-state index in [4.69, 9.17) is 0 Å². The predicted octanol–water partition coefficient (Wildman–Crippen LogP) is 2.89. The van der Waals surface area contributed by atoms with E-state index >= 15 is 0 Å². The second-order valence-electron chi connectivity index (χ2n) is 3.12. The number of amides is 1. The standard InChI is InChI=1S/C10H11N3OS3/c1-2-8-12-13-10(17-8)11-7(14)6-16-9-4-3-5-15-9/h3-5H,2,6H2,1H3,(H,11,13,14). The molecule has 1 N–H and O–H groups in total. The highest BCUT2D eigenvalue weighted by molar-refractivity contribution is 8.01. The quantitative estimate of drug-likeness (QED) is 0.858. The van der Waals surface area contributed by atoms with Crippen LogP contribution in [-0.4, -0.2) is 21.9 Å². The lowest BCUT2D eigenvalue weighted by Gasteiger charge is -1.98. The van der Waals surface area contributed by atoms with E-state index in [0.717, 1.165) is 15.6 Å². The lowest BCUT2D eigenvalue weighted by atomic mass is 10.5. The molecule has 7 heteroatoms. The van der Waals surface area contributed by atoms with Crippen molar-refractivity contribution in [1.29, 1.82) is 0 Å². The molecule has 17 heavy (non-hydrogen) atoms. The number of carbonyl (C=O) groups excluding carboxylic acids is 1. The number of hydrogen-bond donors (Lipinski definition) is 1. The second kappa shape index (κ2) is 6.13. The summed E-state index contributed by atoms with van der Waals surface area (Å²) in [5.41, 5.74) is 0. The summed E-state index contributed by atoms with van der Waals surface area (Å²) in [5.74, 6) is 0.365.